The Morgan fingerprint density at radius 3 is 1.88 bits per heavy atom. The van der Waals surface area contributed by atoms with Crippen molar-refractivity contribution >= 4 is 29.2 Å². The molecule has 0 aromatic heterocycles. The Bertz CT molecular complexity index is 1100. The molecule has 7 nitrogen and oxygen atoms in total. The van der Waals surface area contributed by atoms with Crippen LogP contribution in [0.25, 0.3) is 0 Å². The number of nitrogens with zero attached hydrogens (tertiary/aromatic N) is 2. The van der Waals surface area contributed by atoms with Crippen molar-refractivity contribution in [3.05, 3.63) is 96.1 Å². The van der Waals surface area contributed by atoms with Crippen LogP contribution in [0.4, 0.5) is 16.2 Å². The van der Waals surface area contributed by atoms with Crippen molar-refractivity contribution < 1.29 is 14.4 Å². The SMILES string of the molecule is O=C(CN1C(=O)CN(C(=O)NCc2ccccc2)c2ccccc21)NCc1ccccc1. The second kappa shape index (κ2) is 9.78. The minimum atomic E-state index is -0.358. The van der Waals surface area contributed by atoms with Gasteiger partial charge in [-0.3, -0.25) is 19.4 Å². The van der Waals surface area contributed by atoms with Crippen molar-refractivity contribution in [3.8, 4) is 0 Å². The standard InChI is InChI=1S/C25H24N4O3/c30-23(26-15-19-9-3-1-4-10-19)17-28-21-13-7-8-14-22(21)29(18-24(28)31)25(32)27-16-20-11-5-2-6-12-20/h1-14H,15-18H2,(H,26,30)(H,27,32). The molecule has 2 N–H and O–H groups in total. The molecule has 0 saturated heterocycles. The number of anilines is 2. The minimum absolute atomic E-state index is 0.109. The molecule has 4 rings (SSSR count). The number of hydrogen-bond donors (Lipinski definition) is 2. The van der Waals surface area contributed by atoms with E-state index in [4.69, 9.17) is 0 Å². The fraction of sp³-hybridized carbons (Fsp3) is 0.160. The summed E-state index contributed by atoms with van der Waals surface area (Å²) in [5, 5.41) is 5.71. The number of nitrogens with one attached hydrogen (secondary N) is 2. The van der Waals surface area contributed by atoms with Crippen LogP contribution in [-0.2, 0) is 22.7 Å². The molecule has 4 amide bonds. The van der Waals surface area contributed by atoms with E-state index < -0.39 is 0 Å². The fourth-order valence-electron chi connectivity index (χ4n) is 3.58. The quantitative estimate of drug-likeness (QED) is 0.633. The van der Waals surface area contributed by atoms with Crippen LogP contribution in [0.3, 0.4) is 0 Å². The van der Waals surface area contributed by atoms with Crippen molar-refractivity contribution in [3.63, 3.8) is 0 Å². The molecule has 1 aliphatic rings. The average Bonchev–Trinajstić information content (AvgIpc) is 2.84. The van der Waals surface area contributed by atoms with Crippen molar-refractivity contribution in [1.29, 1.82) is 0 Å². The summed E-state index contributed by atoms with van der Waals surface area (Å²) in [5.41, 5.74) is 3.07. The van der Waals surface area contributed by atoms with Crippen LogP contribution < -0.4 is 20.4 Å². The number of benzene rings is 3. The number of carbonyl (C=O) groups is 3. The lowest BCUT2D eigenvalue weighted by atomic mass is 10.1. The Morgan fingerprint density at radius 1 is 0.719 bits per heavy atom. The highest BCUT2D eigenvalue weighted by Gasteiger charge is 2.33. The van der Waals surface area contributed by atoms with Crippen LogP contribution in [0.1, 0.15) is 11.1 Å². The third kappa shape index (κ3) is 4.95. The van der Waals surface area contributed by atoms with Gasteiger partial charge in [-0.25, -0.2) is 4.79 Å². The van der Waals surface area contributed by atoms with E-state index in [2.05, 4.69) is 10.6 Å². The second-order valence-electron chi connectivity index (χ2n) is 7.46. The van der Waals surface area contributed by atoms with Crippen LogP contribution >= 0.6 is 0 Å². The molecule has 3 aromatic rings. The lowest BCUT2D eigenvalue weighted by Gasteiger charge is -2.35. The highest BCUT2D eigenvalue weighted by atomic mass is 16.2. The van der Waals surface area contributed by atoms with Crippen LogP contribution in [0.2, 0.25) is 0 Å². The molecule has 7 heteroatoms. The van der Waals surface area contributed by atoms with Crippen molar-refractivity contribution in [2.75, 3.05) is 22.9 Å². The van der Waals surface area contributed by atoms with Gasteiger partial charge in [0.2, 0.25) is 11.8 Å². The van der Waals surface area contributed by atoms with E-state index in [0.29, 0.717) is 24.5 Å². The number of rotatable bonds is 6. The summed E-state index contributed by atoms with van der Waals surface area (Å²) in [4.78, 5) is 41.1. The summed E-state index contributed by atoms with van der Waals surface area (Å²) in [6, 6.07) is 25.9. The van der Waals surface area contributed by atoms with Crippen molar-refractivity contribution in [1.82, 2.24) is 10.6 Å². The van der Waals surface area contributed by atoms with E-state index in [1.54, 1.807) is 24.3 Å². The molecule has 3 aromatic carbocycles. The molecular formula is C25H24N4O3. The first-order valence-electron chi connectivity index (χ1n) is 10.4. The maximum Gasteiger partial charge on any atom is 0.322 e. The Morgan fingerprint density at radius 2 is 1.25 bits per heavy atom. The van der Waals surface area contributed by atoms with Gasteiger partial charge in [-0.05, 0) is 23.3 Å². The zero-order chi connectivity index (χ0) is 22.3. The number of urea groups is 1. The van der Waals surface area contributed by atoms with E-state index in [1.165, 1.54) is 9.80 Å². The molecule has 0 unspecified atom stereocenters. The highest BCUT2D eigenvalue weighted by Crippen LogP contribution is 2.33. The van der Waals surface area contributed by atoms with Gasteiger partial charge in [0.25, 0.3) is 0 Å². The summed E-state index contributed by atoms with van der Waals surface area (Å²) in [7, 11) is 0. The summed E-state index contributed by atoms with van der Waals surface area (Å²) in [6.45, 7) is 0.501. The Balaban J connectivity index is 1.44. The monoisotopic (exact) mass is 428 g/mol. The lowest BCUT2D eigenvalue weighted by Crippen LogP contribution is -2.53. The van der Waals surface area contributed by atoms with Crippen molar-refractivity contribution in [2.45, 2.75) is 13.1 Å². The molecule has 0 atom stereocenters. The minimum Gasteiger partial charge on any atom is -0.350 e. The molecule has 1 heterocycles. The van der Waals surface area contributed by atoms with Crippen molar-refractivity contribution in [2.24, 2.45) is 0 Å². The average molecular weight is 428 g/mol. The molecule has 1 aliphatic heterocycles. The van der Waals surface area contributed by atoms with Crippen LogP contribution in [0.5, 0.6) is 0 Å². The first kappa shape index (κ1) is 21.1. The van der Waals surface area contributed by atoms with E-state index >= 15 is 0 Å². The van der Waals surface area contributed by atoms with Crippen LogP contribution in [0, 0.1) is 0 Å². The molecule has 32 heavy (non-hydrogen) atoms. The van der Waals surface area contributed by atoms with Gasteiger partial charge in [0.05, 0.1) is 11.4 Å². The number of fused-ring (bicyclic) bond motifs is 1. The third-order valence-corrected chi connectivity index (χ3v) is 5.22. The molecule has 0 bridgehead atoms. The third-order valence-electron chi connectivity index (χ3n) is 5.22. The van der Waals surface area contributed by atoms with Gasteiger partial charge in [0.15, 0.2) is 0 Å². The zero-order valence-corrected chi connectivity index (χ0v) is 17.5. The molecule has 0 aliphatic carbocycles. The number of amides is 4. The largest absolute Gasteiger partial charge is 0.350 e. The number of para-hydroxylation sites is 2. The van der Waals surface area contributed by atoms with E-state index in [0.717, 1.165) is 11.1 Å². The van der Waals surface area contributed by atoms with Gasteiger partial charge in [0, 0.05) is 13.1 Å². The van der Waals surface area contributed by atoms with E-state index in [1.807, 2.05) is 60.7 Å². The maximum atomic E-state index is 12.9. The topological polar surface area (TPSA) is 81.8 Å². The van der Waals surface area contributed by atoms with Gasteiger partial charge in [0.1, 0.15) is 13.1 Å². The van der Waals surface area contributed by atoms with Crippen LogP contribution in [0.15, 0.2) is 84.9 Å². The zero-order valence-electron chi connectivity index (χ0n) is 17.5. The second-order valence-corrected chi connectivity index (χ2v) is 7.46. The molecule has 0 saturated carbocycles. The molecular weight excluding hydrogens is 404 g/mol. The Hall–Kier alpha value is -4.13. The summed E-state index contributed by atoms with van der Waals surface area (Å²) in [6.07, 6.45) is 0. The van der Waals surface area contributed by atoms with E-state index in [-0.39, 0.29) is 30.9 Å². The Labute approximate surface area is 186 Å². The molecule has 162 valence electrons. The van der Waals surface area contributed by atoms with Crippen LogP contribution in [-0.4, -0.2) is 30.9 Å². The maximum absolute atomic E-state index is 12.9. The predicted octanol–water partition coefficient (Wildman–Crippen LogP) is 3.07. The molecule has 0 fully saturated rings. The van der Waals surface area contributed by atoms with Gasteiger partial charge in [-0.15, -0.1) is 0 Å². The van der Waals surface area contributed by atoms with Gasteiger partial charge in [-0.1, -0.05) is 72.8 Å². The van der Waals surface area contributed by atoms with Gasteiger partial charge in [-0.2, -0.15) is 0 Å². The predicted molar refractivity (Wildman–Crippen MR) is 123 cm³/mol. The molecule has 0 radical (unpaired) electrons. The smallest absolute Gasteiger partial charge is 0.322 e. The summed E-state index contributed by atoms with van der Waals surface area (Å²) < 4.78 is 0. The fourth-order valence-corrected chi connectivity index (χ4v) is 3.58. The normalized spacial score (nSPS) is 12.8. The van der Waals surface area contributed by atoms with Gasteiger partial charge < -0.3 is 10.6 Å². The van der Waals surface area contributed by atoms with Gasteiger partial charge >= 0.3 is 6.03 Å². The summed E-state index contributed by atoms with van der Waals surface area (Å²) >= 11 is 0. The number of carbonyl (C=O) groups excluding carboxylic acids is 3. The first-order valence-corrected chi connectivity index (χ1v) is 10.4. The number of hydrogen-bond acceptors (Lipinski definition) is 3. The Kier molecular flexibility index (Phi) is 6.46. The first-order chi connectivity index (χ1) is 15.6. The van der Waals surface area contributed by atoms with E-state index in [9.17, 15) is 14.4 Å². The summed E-state index contributed by atoms with van der Waals surface area (Å²) in [5.74, 6) is -0.576. The lowest BCUT2D eigenvalue weighted by molar-refractivity contribution is -0.123. The molecule has 0 spiro atoms. The highest BCUT2D eigenvalue weighted by molar-refractivity contribution is 6.12.